The number of carboxylic acids is 2. The van der Waals surface area contributed by atoms with Crippen molar-refractivity contribution < 1.29 is 106 Å². The smallest absolute Gasteiger partial charge is 0.329 e. The first kappa shape index (κ1) is 102. The predicted octanol–water partition coefficient (Wildman–Crippen LogP) is 9.61. The maximum atomic E-state index is 12.9. The molecule has 0 aliphatic rings. The van der Waals surface area contributed by atoms with Crippen LogP contribution in [0.25, 0.3) is 0 Å². The largest absolute Gasteiger partial charge is 0.481 e. The number of rotatable bonds is 72. The van der Waals surface area contributed by atoms with E-state index in [0.29, 0.717) is 51.6 Å². The minimum Gasteiger partial charge on any atom is -0.481 e. The first-order valence-electron chi connectivity index (χ1n) is 39.4. The second-order valence-corrected chi connectivity index (χ2v) is 28.8. The molecule has 0 radical (unpaired) electrons. The first-order valence-corrected chi connectivity index (χ1v) is 39.4. The summed E-state index contributed by atoms with van der Waals surface area (Å²) in [5, 5.41) is 34.1. The van der Waals surface area contributed by atoms with Crippen molar-refractivity contribution in [3.63, 3.8) is 0 Å². The Morgan fingerprint density at radius 2 is 0.660 bits per heavy atom. The molecule has 0 unspecified atom stereocenters. The highest BCUT2D eigenvalue weighted by molar-refractivity contribution is 5.86. The number of aliphatic carboxylic acids is 2. The predicted molar refractivity (Wildman–Crippen MR) is 403 cm³/mol. The molecule has 0 aromatic rings. The number of ketones is 2. The lowest BCUT2D eigenvalue weighted by Crippen LogP contribution is -2.44. The first-order chi connectivity index (χ1) is 50.7. The Bertz CT molecular complexity index is 2350. The molecule has 0 fully saturated rings. The van der Waals surface area contributed by atoms with Gasteiger partial charge >= 0.3 is 23.9 Å². The van der Waals surface area contributed by atoms with Crippen LogP contribution in [0.15, 0.2) is 0 Å². The van der Waals surface area contributed by atoms with Gasteiger partial charge in [-0.1, -0.05) is 154 Å². The monoisotopic (exact) mass is 1520 g/mol. The summed E-state index contributed by atoms with van der Waals surface area (Å²) >= 11 is 0. The van der Waals surface area contributed by atoms with Crippen LogP contribution in [0.3, 0.4) is 0 Å². The van der Waals surface area contributed by atoms with Crippen molar-refractivity contribution >= 4 is 70.9 Å². The fourth-order valence-electron chi connectivity index (χ4n) is 10.7. The standard InChI is InChI=1S/C43H79N3O11.C34H62N4O11/c1-42(2,3)56-40(51)25-21-19-17-15-13-11-9-8-10-12-14-16-18-20-24-38(49)46-36(41(52)57-43(4,5)6)26-27-37(48)45-29-30-54-31-32-55-34-39(50)44-28-22-23-35(47)33-53-7;35-49-26-28(39)16-15-21-36-32(42)27-48-25-24-47-23-22-37-30(40)20-19-29(34(45)46)38-31(41)17-13-11-9-7-5-3-1-2-4-6-8-10-12-14-18-33(43)44/h36H,8-34H2,1-7H3,(H,44,50)(H,45,48)(H,46,49);29H,1-27,35H2,(H,36,42)(H,37,40)(H,38,41)(H,43,44)(H,45,46)/t36-;29-/m00/s1. The summed E-state index contributed by atoms with van der Waals surface area (Å²) in [6.07, 6.45) is 33.9. The molecule has 0 rings (SSSR count). The average molecular weight is 1520 g/mol. The van der Waals surface area contributed by atoms with Gasteiger partial charge in [-0.05, 0) is 92.9 Å². The summed E-state index contributed by atoms with van der Waals surface area (Å²) in [6.45, 7) is 13.1. The van der Waals surface area contributed by atoms with Crippen LogP contribution in [0.4, 0.5) is 0 Å². The summed E-state index contributed by atoms with van der Waals surface area (Å²) in [5.74, 6) is 0.341. The van der Waals surface area contributed by atoms with Gasteiger partial charge in [0.2, 0.25) is 35.4 Å². The molecule has 0 bridgehead atoms. The van der Waals surface area contributed by atoms with Gasteiger partial charge in [-0.25, -0.2) is 15.5 Å². The third-order valence-electron chi connectivity index (χ3n) is 16.3. The van der Waals surface area contributed by atoms with Crippen LogP contribution in [-0.2, 0) is 95.5 Å². The van der Waals surface area contributed by atoms with Crippen LogP contribution in [-0.4, -0.2) is 204 Å². The number of carbonyl (C=O) groups is 12. The second-order valence-electron chi connectivity index (χ2n) is 28.8. The van der Waals surface area contributed by atoms with Gasteiger partial charge in [-0.3, -0.25) is 52.8 Å². The van der Waals surface area contributed by atoms with Crippen LogP contribution < -0.4 is 37.8 Å². The molecule has 10 N–H and O–H groups in total. The van der Waals surface area contributed by atoms with Gasteiger partial charge in [0.15, 0.2) is 11.6 Å². The van der Waals surface area contributed by atoms with Gasteiger partial charge in [-0.15, -0.1) is 0 Å². The van der Waals surface area contributed by atoms with Gasteiger partial charge < -0.3 is 75.3 Å². The summed E-state index contributed by atoms with van der Waals surface area (Å²) in [7, 11) is 1.46. The van der Waals surface area contributed by atoms with E-state index in [-0.39, 0.29) is 177 Å². The molecule has 0 aliphatic heterocycles. The summed E-state index contributed by atoms with van der Waals surface area (Å²) in [4.78, 5) is 147. The maximum absolute atomic E-state index is 12.9. The molecule has 2 atom stereocenters. The summed E-state index contributed by atoms with van der Waals surface area (Å²) in [6, 6.07) is -2.05. The lowest BCUT2D eigenvalue weighted by Gasteiger charge is -2.24. The minimum atomic E-state index is -1.18. The lowest BCUT2D eigenvalue weighted by molar-refractivity contribution is -0.159. The van der Waals surface area contributed by atoms with Crippen LogP contribution >= 0.6 is 0 Å². The van der Waals surface area contributed by atoms with E-state index in [1.54, 1.807) is 20.8 Å². The van der Waals surface area contributed by atoms with Crippen molar-refractivity contribution in [2.45, 2.75) is 322 Å². The molecule has 6 amide bonds. The third-order valence-corrected chi connectivity index (χ3v) is 16.3. The fraction of sp³-hybridized carbons (Fsp3) is 0.844. The zero-order valence-electron chi connectivity index (χ0n) is 66.0. The second kappa shape index (κ2) is 70.4. The Labute approximate surface area is 633 Å². The maximum Gasteiger partial charge on any atom is 0.329 e. The summed E-state index contributed by atoms with van der Waals surface area (Å²) in [5.41, 5.74) is -1.14. The SMILES string of the molecule is COCC(=O)CCCNC(=O)COCCOCCNC(=O)CC[C@H](NC(=O)CCCCCCCCCCCCCCCCC(=O)OC(C)(C)C)C(=O)OC(C)(C)C.NOCC(=O)CCCNC(=O)COCCOCCNC(=O)CC[C@H](NC(=O)CCCCCCCCCCCCCCCCC(=O)O)C(=O)O. The third kappa shape index (κ3) is 76.0. The zero-order chi connectivity index (χ0) is 79.2. The summed E-state index contributed by atoms with van der Waals surface area (Å²) < 4.78 is 36.9. The number of amides is 6. The highest BCUT2D eigenvalue weighted by Crippen LogP contribution is 2.18. The van der Waals surface area contributed by atoms with Gasteiger partial charge in [0, 0.05) is 84.7 Å². The average Bonchev–Trinajstić information content (AvgIpc) is 0.892. The number of hydrogen-bond donors (Lipinski definition) is 9. The minimum absolute atomic E-state index is 0.0137. The number of hydrogen-bond acceptors (Lipinski definition) is 21. The molecule has 0 heterocycles. The highest BCUT2D eigenvalue weighted by atomic mass is 16.6. The van der Waals surface area contributed by atoms with Crippen LogP contribution in [0.5, 0.6) is 0 Å². The molecular formula is C77H141N7O22. The van der Waals surface area contributed by atoms with Crippen molar-refractivity contribution in [3.8, 4) is 0 Å². The Kier molecular flexibility index (Phi) is 67.7. The van der Waals surface area contributed by atoms with Crippen molar-refractivity contribution in [1.82, 2.24) is 31.9 Å². The fourth-order valence-corrected chi connectivity index (χ4v) is 10.7. The Morgan fingerprint density at radius 3 is 1.02 bits per heavy atom. The van der Waals surface area contributed by atoms with E-state index < -0.39 is 41.2 Å². The molecule has 0 aromatic heterocycles. The van der Waals surface area contributed by atoms with Crippen molar-refractivity contribution in [3.05, 3.63) is 0 Å². The van der Waals surface area contributed by atoms with Crippen molar-refractivity contribution in [1.29, 1.82) is 0 Å². The van der Waals surface area contributed by atoms with E-state index in [1.165, 1.54) is 103 Å². The molecule has 106 heavy (non-hydrogen) atoms. The van der Waals surface area contributed by atoms with Gasteiger partial charge in [0.05, 0.1) is 39.6 Å². The van der Waals surface area contributed by atoms with Crippen LogP contribution in [0, 0.1) is 0 Å². The van der Waals surface area contributed by atoms with E-state index in [1.807, 2.05) is 20.8 Å². The Balaban J connectivity index is 0. The van der Waals surface area contributed by atoms with E-state index in [2.05, 4.69) is 36.7 Å². The topological polar surface area (TPSA) is 417 Å². The molecular weight excluding hydrogens is 1370 g/mol. The molecule has 0 saturated heterocycles. The number of nitrogens with two attached hydrogens (primary N) is 1. The van der Waals surface area contributed by atoms with E-state index >= 15 is 0 Å². The Hall–Kier alpha value is -6.24. The molecule has 29 heteroatoms. The van der Waals surface area contributed by atoms with E-state index in [4.69, 9.17) is 44.2 Å². The number of carboxylic acid groups (broad SMARTS) is 2. The van der Waals surface area contributed by atoms with E-state index in [9.17, 15) is 62.6 Å². The molecule has 0 saturated carbocycles. The van der Waals surface area contributed by atoms with Crippen LogP contribution in [0.1, 0.15) is 298 Å². The van der Waals surface area contributed by atoms with Crippen molar-refractivity contribution in [2.24, 2.45) is 5.90 Å². The van der Waals surface area contributed by atoms with Gasteiger partial charge in [0.1, 0.15) is 49.7 Å². The molecule has 616 valence electrons. The molecule has 0 aromatic carbocycles. The molecule has 0 spiro atoms. The quantitative estimate of drug-likeness (QED) is 0.0155. The lowest BCUT2D eigenvalue weighted by atomic mass is 10.0. The van der Waals surface area contributed by atoms with Crippen molar-refractivity contribution in [2.75, 3.05) is 99.4 Å². The number of carbonyl (C=O) groups excluding carboxylic acids is 10. The Morgan fingerprint density at radius 1 is 0.330 bits per heavy atom. The zero-order valence-corrected chi connectivity index (χ0v) is 66.0. The number of esters is 2. The normalized spacial score (nSPS) is 11.8. The van der Waals surface area contributed by atoms with Gasteiger partial charge in [-0.2, -0.15) is 0 Å². The number of methoxy groups -OCH3 is 1. The molecule has 29 nitrogen and oxygen atoms in total. The van der Waals surface area contributed by atoms with Gasteiger partial charge in [0.25, 0.3) is 0 Å². The molecule has 0 aliphatic carbocycles. The highest BCUT2D eigenvalue weighted by Gasteiger charge is 2.28. The van der Waals surface area contributed by atoms with E-state index in [0.717, 1.165) is 77.0 Å². The number of nitrogens with one attached hydrogen (secondary N) is 6. The van der Waals surface area contributed by atoms with Crippen LogP contribution in [0.2, 0.25) is 0 Å². The number of Topliss-reactive ketones (excluding diaryl/α,β-unsaturated/α-hetero) is 2. The number of ether oxygens (including phenoxy) is 7. The number of unbranched alkanes of at least 4 members (excludes halogenated alkanes) is 26.